The molecule has 3 aromatic rings. The summed E-state index contributed by atoms with van der Waals surface area (Å²) in [6.07, 6.45) is -0.657. The van der Waals surface area contributed by atoms with Gasteiger partial charge in [0.05, 0.1) is 0 Å². The van der Waals surface area contributed by atoms with Crippen LogP contribution in [0.15, 0.2) is 54.7 Å². The third-order valence-corrected chi connectivity index (χ3v) is 4.52. The molecule has 1 aromatic heterocycles. The van der Waals surface area contributed by atoms with Crippen molar-refractivity contribution in [2.24, 2.45) is 0 Å². The topological polar surface area (TPSA) is 49.8 Å². The van der Waals surface area contributed by atoms with E-state index < -0.39 is 11.7 Å². The number of aromatic nitrogens is 2. The van der Waals surface area contributed by atoms with E-state index in [1.54, 1.807) is 12.1 Å². The summed E-state index contributed by atoms with van der Waals surface area (Å²) in [5, 5.41) is 5.77. The van der Waals surface area contributed by atoms with Gasteiger partial charge in [-0.15, -0.1) is 0 Å². The zero-order valence-corrected chi connectivity index (χ0v) is 16.3. The van der Waals surface area contributed by atoms with E-state index in [0.29, 0.717) is 5.69 Å². The molecule has 0 bridgehead atoms. The second-order valence-electron chi connectivity index (χ2n) is 6.82. The number of anilines is 4. The molecule has 0 aliphatic heterocycles. The van der Waals surface area contributed by atoms with E-state index in [1.807, 2.05) is 43.3 Å². The van der Waals surface area contributed by atoms with Crippen LogP contribution >= 0.6 is 0 Å². The fourth-order valence-corrected chi connectivity index (χ4v) is 2.85. The monoisotopic (exact) mass is 400 g/mol. The van der Waals surface area contributed by atoms with Crippen LogP contribution in [-0.4, -0.2) is 9.97 Å². The van der Waals surface area contributed by atoms with Crippen LogP contribution in [0.1, 0.15) is 36.5 Å². The van der Waals surface area contributed by atoms with Crippen LogP contribution in [0.2, 0.25) is 0 Å². The standard InChI is InChI=1S/C22H23F3N4/c1-3-4-8-16-10-12-17(13-11-16)27-20-18(22(23,24)25)14-26-21(29-20)28-19-9-6-5-7-15(19)2/h5-7,9-14H,3-4,8H2,1-2H3,(H2,26,27,28,29). The van der Waals surface area contributed by atoms with Gasteiger partial charge >= 0.3 is 6.18 Å². The predicted octanol–water partition coefficient (Wildman–Crippen LogP) is 6.63. The number of unbranched alkanes of at least 4 members (excludes halogenated alkanes) is 1. The lowest BCUT2D eigenvalue weighted by Gasteiger charge is -2.15. The Morgan fingerprint density at radius 1 is 0.966 bits per heavy atom. The molecule has 3 rings (SSSR count). The minimum absolute atomic E-state index is 0.0920. The molecule has 2 N–H and O–H groups in total. The molecule has 1 heterocycles. The van der Waals surface area contributed by atoms with E-state index >= 15 is 0 Å². The SMILES string of the molecule is CCCCc1ccc(Nc2nc(Nc3ccccc3C)ncc2C(F)(F)F)cc1. The fourth-order valence-electron chi connectivity index (χ4n) is 2.85. The second kappa shape index (κ2) is 8.94. The number of rotatable bonds is 7. The van der Waals surface area contributed by atoms with E-state index in [0.717, 1.165) is 42.3 Å². The molecule has 0 spiro atoms. The Morgan fingerprint density at radius 2 is 1.69 bits per heavy atom. The predicted molar refractivity (Wildman–Crippen MR) is 110 cm³/mol. The van der Waals surface area contributed by atoms with Crippen molar-refractivity contribution in [2.75, 3.05) is 10.6 Å². The zero-order valence-electron chi connectivity index (χ0n) is 16.3. The largest absolute Gasteiger partial charge is 0.421 e. The minimum Gasteiger partial charge on any atom is -0.340 e. The smallest absolute Gasteiger partial charge is 0.340 e. The lowest BCUT2D eigenvalue weighted by molar-refractivity contribution is -0.137. The van der Waals surface area contributed by atoms with Gasteiger partial charge < -0.3 is 10.6 Å². The average Bonchev–Trinajstić information content (AvgIpc) is 2.68. The molecule has 29 heavy (non-hydrogen) atoms. The van der Waals surface area contributed by atoms with Crippen molar-refractivity contribution >= 4 is 23.1 Å². The quantitative estimate of drug-likeness (QED) is 0.467. The van der Waals surface area contributed by atoms with Gasteiger partial charge in [-0.25, -0.2) is 4.98 Å². The average molecular weight is 400 g/mol. The van der Waals surface area contributed by atoms with E-state index in [2.05, 4.69) is 27.5 Å². The molecule has 0 atom stereocenters. The van der Waals surface area contributed by atoms with E-state index in [9.17, 15) is 13.2 Å². The van der Waals surface area contributed by atoms with Crippen molar-refractivity contribution < 1.29 is 13.2 Å². The number of halogens is 3. The van der Waals surface area contributed by atoms with Gasteiger partial charge in [-0.3, -0.25) is 0 Å². The van der Waals surface area contributed by atoms with Crippen LogP contribution in [-0.2, 0) is 12.6 Å². The van der Waals surface area contributed by atoms with Crippen molar-refractivity contribution in [1.29, 1.82) is 0 Å². The maximum absolute atomic E-state index is 13.4. The van der Waals surface area contributed by atoms with Crippen LogP contribution < -0.4 is 10.6 Å². The summed E-state index contributed by atoms with van der Waals surface area (Å²) in [7, 11) is 0. The molecule has 4 nitrogen and oxygen atoms in total. The molecule has 0 unspecified atom stereocenters. The van der Waals surface area contributed by atoms with Crippen LogP contribution in [0.5, 0.6) is 0 Å². The maximum Gasteiger partial charge on any atom is 0.421 e. The molecular weight excluding hydrogens is 377 g/mol. The lowest BCUT2D eigenvalue weighted by atomic mass is 10.1. The Hall–Kier alpha value is -3.09. The number of alkyl halides is 3. The van der Waals surface area contributed by atoms with Crippen LogP contribution in [0, 0.1) is 6.92 Å². The number of hydrogen-bond acceptors (Lipinski definition) is 4. The number of nitrogens with one attached hydrogen (secondary N) is 2. The van der Waals surface area contributed by atoms with Gasteiger partial charge in [-0.1, -0.05) is 43.7 Å². The number of aryl methyl sites for hydroxylation is 2. The zero-order chi connectivity index (χ0) is 20.9. The Balaban J connectivity index is 1.87. The van der Waals surface area contributed by atoms with E-state index in [4.69, 9.17) is 0 Å². The molecule has 0 saturated carbocycles. The third-order valence-electron chi connectivity index (χ3n) is 4.52. The number of hydrogen-bond donors (Lipinski definition) is 2. The first-order chi connectivity index (χ1) is 13.9. The maximum atomic E-state index is 13.4. The molecule has 0 radical (unpaired) electrons. The Labute approximate surface area is 168 Å². The Morgan fingerprint density at radius 3 is 2.34 bits per heavy atom. The molecule has 0 saturated heterocycles. The first-order valence-corrected chi connectivity index (χ1v) is 9.49. The number of benzene rings is 2. The Kier molecular flexibility index (Phi) is 6.36. The summed E-state index contributed by atoms with van der Waals surface area (Å²) in [6, 6.07) is 14.8. The summed E-state index contributed by atoms with van der Waals surface area (Å²) in [4.78, 5) is 7.94. The van der Waals surface area contributed by atoms with Crippen molar-refractivity contribution in [2.45, 2.75) is 39.3 Å². The molecule has 0 amide bonds. The van der Waals surface area contributed by atoms with Gasteiger partial charge in [0.2, 0.25) is 5.95 Å². The van der Waals surface area contributed by atoms with Crippen molar-refractivity contribution in [3.05, 3.63) is 71.4 Å². The molecule has 0 aliphatic carbocycles. The van der Waals surface area contributed by atoms with Crippen molar-refractivity contribution in [3.63, 3.8) is 0 Å². The minimum atomic E-state index is -4.56. The first-order valence-electron chi connectivity index (χ1n) is 9.49. The van der Waals surface area contributed by atoms with Gasteiger partial charge in [0.1, 0.15) is 11.4 Å². The van der Waals surface area contributed by atoms with Gasteiger partial charge in [-0.2, -0.15) is 18.2 Å². The molecule has 0 fully saturated rings. The van der Waals surface area contributed by atoms with Gasteiger partial charge in [0.15, 0.2) is 0 Å². The van der Waals surface area contributed by atoms with Crippen LogP contribution in [0.4, 0.5) is 36.3 Å². The summed E-state index contributed by atoms with van der Waals surface area (Å²) in [5.74, 6) is -0.195. The molecule has 152 valence electrons. The molecule has 0 aliphatic rings. The van der Waals surface area contributed by atoms with E-state index in [1.165, 1.54) is 0 Å². The Bertz CT molecular complexity index is 953. The van der Waals surface area contributed by atoms with Crippen molar-refractivity contribution in [3.8, 4) is 0 Å². The highest BCUT2D eigenvalue weighted by Gasteiger charge is 2.35. The molecule has 7 heteroatoms. The van der Waals surface area contributed by atoms with Crippen LogP contribution in [0.3, 0.4) is 0 Å². The highest BCUT2D eigenvalue weighted by Crippen LogP contribution is 2.35. The highest BCUT2D eigenvalue weighted by molar-refractivity contribution is 5.64. The normalized spacial score (nSPS) is 11.3. The third kappa shape index (κ3) is 5.47. The summed E-state index contributed by atoms with van der Waals surface area (Å²) in [6.45, 7) is 4.01. The van der Waals surface area contributed by atoms with Gasteiger partial charge in [0, 0.05) is 17.6 Å². The highest BCUT2D eigenvalue weighted by atomic mass is 19.4. The van der Waals surface area contributed by atoms with Gasteiger partial charge in [-0.05, 0) is 49.1 Å². The van der Waals surface area contributed by atoms with E-state index in [-0.39, 0.29) is 11.8 Å². The molecular formula is C22H23F3N4. The summed E-state index contributed by atoms with van der Waals surface area (Å²) >= 11 is 0. The van der Waals surface area contributed by atoms with Crippen molar-refractivity contribution in [1.82, 2.24) is 9.97 Å². The lowest BCUT2D eigenvalue weighted by Crippen LogP contribution is -2.12. The number of para-hydroxylation sites is 1. The summed E-state index contributed by atoms with van der Waals surface area (Å²) < 4.78 is 40.3. The summed E-state index contributed by atoms with van der Waals surface area (Å²) in [5.41, 5.74) is 2.45. The fraction of sp³-hybridized carbons (Fsp3) is 0.273. The van der Waals surface area contributed by atoms with Gasteiger partial charge in [0.25, 0.3) is 0 Å². The first kappa shape index (κ1) is 20.6. The second-order valence-corrected chi connectivity index (χ2v) is 6.82. The van der Waals surface area contributed by atoms with Crippen LogP contribution in [0.25, 0.3) is 0 Å². The molecule has 2 aromatic carbocycles. The number of nitrogens with zero attached hydrogens (tertiary/aromatic N) is 2.